The van der Waals surface area contributed by atoms with Crippen LogP contribution in [0.15, 0.2) is 30.3 Å². The van der Waals surface area contributed by atoms with Crippen molar-refractivity contribution in [1.82, 2.24) is 5.32 Å². The second kappa shape index (κ2) is 9.93. The van der Waals surface area contributed by atoms with Crippen molar-refractivity contribution < 1.29 is 9.47 Å². The van der Waals surface area contributed by atoms with E-state index in [2.05, 4.69) is 49.5 Å². The zero-order valence-electron chi connectivity index (χ0n) is 14.0. The molecule has 0 saturated carbocycles. The van der Waals surface area contributed by atoms with Gasteiger partial charge in [-0.15, -0.1) is 0 Å². The standard InChI is InChI=1S/C18H31NO2/c1-5-20-17(21-6-2)13-15-19-18(3,4)14-12-16-10-8-7-9-11-16/h7-11,17,19H,5-6,12-15H2,1-4H3. The molecule has 0 aliphatic rings. The molecule has 0 aromatic heterocycles. The van der Waals surface area contributed by atoms with Crippen LogP contribution in [0.3, 0.4) is 0 Å². The Hall–Kier alpha value is -0.900. The van der Waals surface area contributed by atoms with Gasteiger partial charge in [-0.05, 0) is 46.1 Å². The monoisotopic (exact) mass is 293 g/mol. The van der Waals surface area contributed by atoms with Gasteiger partial charge in [0.1, 0.15) is 0 Å². The summed E-state index contributed by atoms with van der Waals surface area (Å²) in [5.41, 5.74) is 1.52. The zero-order chi connectivity index (χ0) is 15.6. The van der Waals surface area contributed by atoms with Crippen molar-refractivity contribution >= 4 is 0 Å². The van der Waals surface area contributed by atoms with Crippen LogP contribution in [0, 0.1) is 0 Å². The molecule has 1 aromatic rings. The molecule has 0 aliphatic heterocycles. The second-order valence-corrected chi connectivity index (χ2v) is 5.93. The van der Waals surface area contributed by atoms with Gasteiger partial charge in [-0.1, -0.05) is 30.3 Å². The first-order chi connectivity index (χ1) is 10.1. The summed E-state index contributed by atoms with van der Waals surface area (Å²) in [6, 6.07) is 10.6. The molecule has 0 bridgehead atoms. The van der Waals surface area contributed by atoms with Gasteiger partial charge >= 0.3 is 0 Å². The molecule has 0 radical (unpaired) electrons. The SMILES string of the molecule is CCOC(CCNC(C)(C)CCc1ccccc1)OCC. The average Bonchev–Trinajstić information content (AvgIpc) is 2.47. The van der Waals surface area contributed by atoms with E-state index in [9.17, 15) is 0 Å². The molecule has 1 N–H and O–H groups in total. The Labute approximate surface area is 130 Å². The maximum Gasteiger partial charge on any atom is 0.158 e. The van der Waals surface area contributed by atoms with Gasteiger partial charge in [-0.2, -0.15) is 0 Å². The highest BCUT2D eigenvalue weighted by Gasteiger charge is 2.17. The summed E-state index contributed by atoms with van der Waals surface area (Å²) in [7, 11) is 0. The molecule has 0 fully saturated rings. The fraction of sp³-hybridized carbons (Fsp3) is 0.667. The largest absolute Gasteiger partial charge is 0.353 e. The molecule has 0 saturated heterocycles. The smallest absolute Gasteiger partial charge is 0.158 e. The van der Waals surface area contributed by atoms with Gasteiger partial charge in [-0.3, -0.25) is 0 Å². The molecule has 1 rings (SSSR count). The van der Waals surface area contributed by atoms with Crippen molar-refractivity contribution in [3.05, 3.63) is 35.9 Å². The molecule has 3 nitrogen and oxygen atoms in total. The van der Waals surface area contributed by atoms with Crippen LogP contribution in [-0.2, 0) is 15.9 Å². The Bertz CT molecular complexity index is 359. The number of nitrogens with one attached hydrogen (secondary N) is 1. The minimum absolute atomic E-state index is 0.0857. The molecule has 3 heteroatoms. The van der Waals surface area contributed by atoms with Crippen molar-refractivity contribution in [3.63, 3.8) is 0 Å². The summed E-state index contributed by atoms with van der Waals surface area (Å²) in [6.07, 6.45) is 3.01. The van der Waals surface area contributed by atoms with E-state index >= 15 is 0 Å². The average molecular weight is 293 g/mol. The normalized spacial score (nSPS) is 12.0. The lowest BCUT2D eigenvalue weighted by Gasteiger charge is -2.27. The fourth-order valence-electron chi connectivity index (χ4n) is 2.30. The van der Waals surface area contributed by atoms with Crippen molar-refractivity contribution in [2.75, 3.05) is 19.8 Å². The zero-order valence-corrected chi connectivity index (χ0v) is 14.0. The Balaban J connectivity index is 2.28. The quantitative estimate of drug-likeness (QED) is 0.630. The lowest BCUT2D eigenvalue weighted by atomic mass is 9.95. The highest BCUT2D eigenvalue weighted by molar-refractivity contribution is 5.15. The van der Waals surface area contributed by atoms with Crippen LogP contribution in [0.1, 0.15) is 46.1 Å². The summed E-state index contributed by atoms with van der Waals surface area (Å²) in [4.78, 5) is 0. The Kier molecular flexibility index (Phi) is 8.58. The highest BCUT2D eigenvalue weighted by Crippen LogP contribution is 2.14. The third-order valence-corrected chi connectivity index (χ3v) is 3.57. The lowest BCUT2D eigenvalue weighted by Crippen LogP contribution is -2.41. The third-order valence-electron chi connectivity index (χ3n) is 3.57. The van der Waals surface area contributed by atoms with Crippen molar-refractivity contribution in [2.45, 2.75) is 58.8 Å². The first-order valence-electron chi connectivity index (χ1n) is 8.09. The number of aryl methyl sites for hydroxylation is 1. The molecule has 0 unspecified atom stereocenters. The topological polar surface area (TPSA) is 30.5 Å². The number of rotatable bonds is 11. The van der Waals surface area contributed by atoms with Crippen LogP contribution >= 0.6 is 0 Å². The minimum atomic E-state index is -0.0857. The van der Waals surface area contributed by atoms with E-state index in [1.165, 1.54) is 5.56 Å². The molecule has 0 atom stereocenters. The van der Waals surface area contributed by atoms with Crippen LogP contribution in [-0.4, -0.2) is 31.6 Å². The van der Waals surface area contributed by atoms with Gasteiger partial charge in [0.2, 0.25) is 0 Å². The van der Waals surface area contributed by atoms with Crippen molar-refractivity contribution in [3.8, 4) is 0 Å². The van der Waals surface area contributed by atoms with Crippen molar-refractivity contribution in [2.24, 2.45) is 0 Å². The Morgan fingerprint density at radius 1 is 1.05 bits per heavy atom. The summed E-state index contributed by atoms with van der Waals surface area (Å²) in [5, 5.41) is 3.62. The number of hydrogen-bond donors (Lipinski definition) is 1. The Morgan fingerprint density at radius 3 is 2.24 bits per heavy atom. The molecule has 21 heavy (non-hydrogen) atoms. The van der Waals surface area contributed by atoms with E-state index in [4.69, 9.17) is 9.47 Å². The summed E-state index contributed by atoms with van der Waals surface area (Å²) in [5.74, 6) is 0. The van der Waals surface area contributed by atoms with Gasteiger partial charge in [0.05, 0.1) is 0 Å². The molecule has 1 aromatic carbocycles. The maximum absolute atomic E-state index is 5.56. The first-order valence-corrected chi connectivity index (χ1v) is 8.09. The summed E-state index contributed by atoms with van der Waals surface area (Å²) < 4.78 is 11.1. The van der Waals surface area contributed by atoms with E-state index in [-0.39, 0.29) is 11.8 Å². The van der Waals surface area contributed by atoms with E-state index in [1.807, 2.05) is 13.8 Å². The van der Waals surface area contributed by atoms with Crippen LogP contribution in [0.4, 0.5) is 0 Å². The maximum atomic E-state index is 5.56. The van der Waals surface area contributed by atoms with E-state index in [0.717, 1.165) is 25.8 Å². The van der Waals surface area contributed by atoms with E-state index in [0.29, 0.717) is 13.2 Å². The van der Waals surface area contributed by atoms with Gasteiger partial charge < -0.3 is 14.8 Å². The van der Waals surface area contributed by atoms with Crippen LogP contribution < -0.4 is 5.32 Å². The summed E-state index contributed by atoms with van der Waals surface area (Å²) in [6.45, 7) is 10.8. The predicted octanol–water partition coefficient (Wildman–Crippen LogP) is 3.78. The lowest BCUT2D eigenvalue weighted by molar-refractivity contribution is -0.139. The first kappa shape index (κ1) is 18.1. The third kappa shape index (κ3) is 8.20. The molecule has 0 amide bonds. The minimum Gasteiger partial charge on any atom is -0.353 e. The number of hydrogen-bond acceptors (Lipinski definition) is 3. The fourth-order valence-corrected chi connectivity index (χ4v) is 2.30. The number of benzene rings is 1. The van der Waals surface area contributed by atoms with Crippen molar-refractivity contribution in [1.29, 1.82) is 0 Å². The van der Waals surface area contributed by atoms with Crippen LogP contribution in [0.5, 0.6) is 0 Å². The molecule has 0 aliphatic carbocycles. The molecule has 0 heterocycles. The van der Waals surface area contributed by atoms with E-state index in [1.54, 1.807) is 0 Å². The molecule has 120 valence electrons. The predicted molar refractivity (Wildman–Crippen MR) is 88.5 cm³/mol. The number of ether oxygens (including phenoxy) is 2. The molecule has 0 spiro atoms. The summed E-state index contributed by atoms with van der Waals surface area (Å²) >= 11 is 0. The van der Waals surface area contributed by atoms with Crippen LogP contribution in [0.25, 0.3) is 0 Å². The van der Waals surface area contributed by atoms with Crippen LogP contribution in [0.2, 0.25) is 0 Å². The van der Waals surface area contributed by atoms with Gasteiger partial charge in [0.15, 0.2) is 6.29 Å². The van der Waals surface area contributed by atoms with Gasteiger partial charge in [-0.25, -0.2) is 0 Å². The second-order valence-electron chi connectivity index (χ2n) is 5.93. The van der Waals surface area contributed by atoms with Gasteiger partial charge in [0, 0.05) is 31.7 Å². The van der Waals surface area contributed by atoms with E-state index < -0.39 is 0 Å². The molecular weight excluding hydrogens is 262 g/mol. The Morgan fingerprint density at radius 2 is 1.67 bits per heavy atom. The highest BCUT2D eigenvalue weighted by atomic mass is 16.7. The van der Waals surface area contributed by atoms with Gasteiger partial charge in [0.25, 0.3) is 0 Å². The molecular formula is C18H31NO2.